The van der Waals surface area contributed by atoms with Crippen LogP contribution in [0.2, 0.25) is 0 Å². The molecule has 0 aromatic heterocycles. The van der Waals surface area contributed by atoms with E-state index >= 15 is 0 Å². The van der Waals surface area contributed by atoms with Crippen molar-refractivity contribution < 1.29 is 4.92 Å². The van der Waals surface area contributed by atoms with Crippen molar-refractivity contribution in [3.05, 3.63) is 28.3 Å². The lowest BCUT2D eigenvalue weighted by atomic mass is 10.0. The molecule has 1 aromatic carbocycles. The molecule has 21 heavy (non-hydrogen) atoms. The number of nitrogens with two attached hydrogens (primary N) is 1. The number of nitrogens with zero attached hydrogens (tertiary/aromatic N) is 2. The van der Waals surface area contributed by atoms with Crippen LogP contribution >= 0.6 is 23.4 Å². The van der Waals surface area contributed by atoms with Gasteiger partial charge in [0.1, 0.15) is 5.84 Å². The number of benzene rings is 1. The molecule has 0 radical (unpaired) electrons. The van der Waals surface area contributed by atoms with Crippen LogP contribution in [0.15, 0.2) is 28.1 Å². The maximum absolute atomic E-state index is 11.0. The first kappa shape index (κ1) is 16.1. The van der Waals surface area contributed by atoms with Gasteiger partial charge < -0.3 is 5.73 Å². The SMILES string of the molecule is NC(CCl)=Nc1cc(SC2CCCCC2)cc([N+](=O)[O-])c1. The third-order valence-corrected chi connectivity index (χ3v) is 4.94. The van der Waals surface area contributed by atoms with Gasteiger partial charge in [-0.15, -0.1) is 23.4 Å². The van der Waals surface area contributed by atoms with E-state index in [1.165, 1.54) is 25.3 Å². The summed E-state index contributed by atoms with van der Waals surface area (Å²) in [6.07, 6.45) is 6.08. The average molecular weight is 328 g/mol. The third-order valence-electron chi connectivity index (χ3n) is 3.35. The zero-order valence-corrected chi connectivity index (χ0v) is 13.2. The molecule has 0 amide bonds. The quantitative estimate of drug-likeness (QED) is 0.288. The number of alkyl halides is 1. The van der Waals surface area contributed by atoms with E-state index in [9.17, 15) is 10.1 Å². The highest BCUT2D eigenvalue weighted by Gasteiger charge is 2.17. The van der Waals surface area contributed by atoms with Crippen molar-refractivity contribution in [2.75, 3.05) is 5.88 Å². The van der Waals surface area contributed by atoms with Gasteiger partial charge in [-0.25, -0.2) is 4.99 Å². The molecule has 5 nitrogen and oxygen atoms in total. The molecule has 114 valence electrons. The minimum absolute atomic E-state index is 0.0388. The Labute approximate surface area is 133 Å². The van der Waals surface area contributed by atoms with Crippen LogP contribution in [0.5, 0.6) is 0 Å². The number of hydrogen-bond acceptors (Lipinski definition) is 4. The Bertz CT molecular complexity index is 545. The van der Waals surface area contributed by atoms with Gasteiger partial charge >= 0.3 is 0 Å². The van der Waals surface area contributed by atoms with Gasteiger partial charge in [-0.3, -0.25) is 10.1 Å². The van der Waals surface area contributed by atoms with E-state index in [4.69, 9.17) is 17.3 Å². The van der Waals surface area contributed by atoms with Gasteiger partial charge in [0, 0.05) is 22.3 Å². The number of hydrogen-bond donors (Lipinski definition) is 1. The summed E-state index contributed by atoms with van der Waals surface area (Å²) in [7, 11) is 0. The highest BCUT2D eigenvalue weighted by atomic mass is 35.5. The van der Waals surface area contributed by atoms with Gasteiger partial charge in [0.2, 0.25) is 0 Å². The molecule has 1 aliphatic rings. The normalized spacial score (nSPS) is 16.9. The van der Waals surface area contributed by atoms with E-state index in [1.54, 1.807) is 17.8 Å². The molecule has 1 aromatic rings. The smallest absolute Gasteiger partial charge is 0.272 e. The molecule has 0 aliphatic heterocycles. The molecular weight excluding hydrogens is 310 g/mol. The maximum Gasteiger partial charge on any atom is 0.272 e. The Morgan fingerprint density at radius 2 is 2.10 bits per heavy atom. The molecule has 1 saturated carbocycles. The Morgan fingerprint density at radius 3 is 2.71 bits per heavy atom. The Kier molecular flexibility index (Phi) is 5.87. The Balaban J connectivity index is 2.24. The van der Waals surface area contributed by atoms with E-state index < -0.39 is 4.92 Å². The fraction of sp³-hybridized carbons (Fsp3) is 0.500. The molecule has 0 atom stereocenters. The van der Waals surface area contributed by atoms with Crippen molar-refractivity contribution in [3.8, 4) is 0 Å². The van der Waals surface area contributed by atoms with E-state index in [1.807, 2.05) is 6.07 Å². The maximum atomic E-state index is 11.0. The van der Waals surface area contributed by atoms with Gasteiger partial charge in [0.05, 0.1) is 16.5 Å². The fourth-order valence-corrected chi connectivity index (χ4v) is 3.77. The van der Waals surface area contributed by atoms with Crippen LogP contribution in [0, 0.1) is 10.1 Å². The predicted octanol–water partition coefficient (Wildman–Crippen LogP) is 4.25. The van der Waals surface area contributed by atoms with Crippen molar-refractivity contribution in [2.45, 2.75) is 42.2 Å². The van der Waals surface area contributed by atoms with Crippen LogP contribution in [-0.4, -0.2) is 21.9 Å². The highest BCUT2D eigenvalue weighted by molar-refractivity contribution is 8.00. The van der Waals surface area contributed by atoms with Crippen molar-refractivity contribution in [1.82, 2.24) is 0 Å². The molecule has 0 spiro atoms. The predicted molar refractivity (Wildman–Crippen MR) is 87.8 cm³/mol. The van der Waals surface area contributed by atoms with Crippen LogP contribution < -0.4 is 5.73 Å². The second kappa shape index (κ2) is 7.66. The van der Waals surface area contributed by atoms with Gasteiger partial charge in [0.25, 0.3) is 5.69 Å². The van der Waals surface area contributed by atoms with Crippen molar-refractivity contribution in [3.63, 3.8) is 0 Å². The molecule has 2 N–H and O–H groups in total. The molecular formula is C14H18ClN3O2S. The first-order valence-corrected chi connectivity index (χ1v) is 8.35. The van der Waals surface area contributed by atoms with E-state index in [-0.39, 0.29) is 17.4 Å². The summed E-state index contributed by atoms with van der Waals surface area (Å²) in [5, 5.41) is 11.6. The second-order valence-electron chi connectivity index (χ2n) is 5.06. The Hall–Kier alpha value is -1.27. The number of non-ortho nitro benzene ring substituents is 1. The number of thioether (sulfide) groups is 1. The monoisotopic (exact) mass is 327 g/mol. The van der Waals surface area contributed by atoms with Crippen molar-refractivity contribution in [1.29, 1.82) is 0 Å². The zero-order chi connectivity index (χ0) is 15.2. The standard InChI is InChI=1S/C14H18ClN3O2S/c15-9-14(16)17-10-6-11(18(19)20)8-13(7-10)21-12-4-2-1-3-5-12/h6-8,12H,1-5,9H2,(H2,16,17). The summed E-state index contributed by atoms with van der Waals surface area (Å²) in [4.78, 5) is 15.6. The molecule has 0 heterocycles. The summed E-state index contributed by atoms with van der Waals surface area (Å²) in [5.41, 5.74) is 6.13. The lowest BCUT2D eigenvalue weighted by molar-refractivity contribution is -0.385. The number of halogens is 1. The third kappa shape index (κ3) is 4.89. The number of rotatable bonds is 5. The molecule has 7 heteroatoms. The van der Waals surface area contributed by atoms with Gasteiger partial charge in [-0.2, -0.15) is 0 Å². The number of nitro groups is 1. The second-order valence-corrected chi connectivity index (χ2v) is 6.70. The Morgan fingerprint density at radius 1 is 1.38 bits per heavy atom. The van der Waals surface area contributed by atoms with Crippen molar-refractivity contribution in [2.24, 2.45) is 10.7 Å². The van der Waals surface area contributed by atoms with E-state index in [0.717, 1.165) is 17.7 Å². The van der Waals surface area contributed by atoms with Crippen molar-refractivity contribution >= 4 is 40.6 Å². The summed E-state index contributed by atoms with van der Waals surface area (Å²) < 4.78 is 0. The largest absolute Gasteiger partial charge is 0.386 e. The van der Waals surface area contributed by atoms with Crippen LogP contribution in [0.3, 0.4) is 0 Å². The van der Waals surface area contributed by atoms with Gasteiger partial charge in [-0.1, -0.05) is 19.3 Å². The number of nitro benzene ring substituents is 1. The summed E-state index contributed by atoms with van der Waals surface area (Å²) in [5.74, 6) is 0.360. The van der Waals surface area contributed by atoms with Crippen LogP contribution in [0.4, 0.5) is 11.4 Å². The summed E-state index contributed by atoms with van der Waals surface area (Å²) in [6.45, 7) is 0. The topological polar surface area (TPSA) is 81.5 Å². The highest BCUT2D eigenvalue weighted by Crippen LogP contribution is 2.37. The minimum atomic E-state index is -0.402. The molecule has 2 rings (SSSR count). The van der Waals surface area contributed by atoms with Crippen LogP contribution in [0.25, 0.3) is 0 Å². The zero-order valence-electron chi connectivity index (χ0n) is 11.6. The average Bonchev–Trinajstić information content (AvgIpc) is 2.47. The van der Waals surface area contributed by atoms with Crippen LogP contribution in [-0.2, 0) is 0 Å². The minimum Gasteiger partial charge on any atom is -0.386 e. The number of amidine groups is 1. The molecule has 1 aliphatic carbocycles. The molecule has 0 unspecified atom stereocenters. The van der Waals surface area contributed by atoms with Crippen LogP contribution in [0.1, 0.15) is 32.1 Å². The van der Waals surface area contributed by atoms with Gasteiger partial charge in [0.15, 0.2) is 0 Å². The van der Waals surface area contributed by atoms with E-state index in [0.29, 0.717) is 10.9 Å². The molecule has 0 bridgehead atoms. The first-order valence-electron chi connectivity index (χ1n) is 6.93. The lowest BCUT2D eigenvalue weighted by Crippen LogP contribution is -2.12. The molecule has 0 saturated heterocycles. The fourth-order valence-electron chi connectivity index (χ4n) is 2.38. The summed E-state index contributed by atoms with van der Waals surface area (Å²) in [6, 6.07) is 4.87. The van der Waals surface area contributed by atoms with E-state index in [2.05, 4.69) is 4.99 Å². The molecule has 1 fully saturated rings. The van der Waals surface area contributed by atoms with Gasteiger partial charge in [-0.05, 0) is 18.9 Å². The number of aliphatic imine (C=N–C) groups is 1. The first-order chi connectivity index (χ1) is 10.1. The lowest BCUT2D eigenvalue weighted by Gasteiger charge is -2.20. The summed E-state index contributed by atoms with van der Waals surface area (Å²) >= 11 is 7.30.